The van der Waals surface area contributed by atoms with Gasteiger partial charge in [0.2, 0.25) is 0 Å². The molecule has 3 N–H and O–H groups in total. The van der Waals surface area contributed by atoms with Crippen LogP contribution >= 0.6 is 11.6 Å². The number of nitrogens with one attached hydrogen (secondary N) is 3. The second-order valence-electron chi connectivity index (χ2n) is 8.60. The molecule has 174 valence electrons. The lowest BCUT2D eigenvalue weighted by molar-refractivity contribution is 0.0791. The fraction of sp³-hybridized carbons (Fsp3) is 0.280. The number of likely N-dealkylation sites (tertiary alicyclic amines) is 1. The molecule has 5 rings (SSSR count). The van der Waals surface area contributed by atoms with Crippen molar-refractivity contribution in [2.75, 3.05) is 13.1 Å². The number of nitrogens with zero attached hydrogens (tertiary/aromatic N) is 3. The molecule has 2 amide bonds. The monoisotopic (exact) mass is 476 g/mol. The molecular formula is C25H25ClN6O2. The van der Waals surface area contributed by atoms with E-state index in [9.17, 15) is 9.59 Å². The minimum absolute atomic E-state index is 0.0271. The quantitative estimate of drug-likeness (QED) is 0.387. The first-order valence-corrected chi connectivity index (χ1v) is 11.7. The van der Waals surface area contributed by atoms with Crippen LogP contribution in [0.25, 0.3) is 11.0 Å². The Labute approximate surface area is 201 Å². The van der Waals surface area contributed by atoms with Crippen LogP contribution in [0, 0.1) is 6.92 Å². The number of halogens is 1. The molecule has 0 aliphatic carbocycles. The standard InChI is InChI=1S/C25H25ClN6O2/c1-15-10-16(4-6-19(15)25(34)32-8-2-3-9-32)24(33)31-22(12-18-13-27-14-28-18)23-29-20-7-5-17(26)11-21(20)30-23/h4-7,10-11,13-14,22H,2-3,8-9,12H2,1H3,(H,27,28)(H,29,30)(H,31,33). The maximum atomic E-state index is 13.2. The molecule has 0 saturated carbocycles. The number of benzene rings is 2. The summed E-state index contributed by atoms with van der Waals surface area (Å²) in [7, 11) is 0. The Balaban J connectivity index is 1.39. The van der Waals surface area contributed by atoms with Gasteiger partial charge in [-0.2, -0.15) is 0 Å². The first kappa shape index (κ1) is 22.2. The Morgan fingerprint density at radius 3 is 2.74 bits per heavy atom. The Kier molecular flexibility index (Phi) is 6.06. The fourth-order valence-electron chi connectivity index (χ4n) is 4.37. The van der Waals surface area contributed by atoms with Crippen LogP contribution in [0.5, 0.6) is 0 Å². The van der Waals surface area contributed by atoms with Crippen molar-refractivity contribution >= 4 is 34.4 Å². The molecule has 8 nitrogen and oxygen atoms in total. The molecule has 34 heavy (non-hydrogen) atoms. The van der Waals surface area contributed by atoms with E-state index in [2.05, 4.69) is 25.3 Å². The smallest absolute Gasteiger partial charge is 0.254 e. The molecule has 2 aromatic carbocycles. The predicted molar refractivity (Wildman–Crippen MR) is 130 cm³/mol. The van der Waals surface area contributed by atoms with Crippen LogP contribution in [0.2, 0.25) is 5.02 Å². The average molecular weight is 477 g/mol. The molecule has 0 bridgehead atoms. The van der Waals surface area contributed by atoms with Gasteiger partial charge in [-0.1, -0.05) is 11.6 Å². The van der Waals surface area contributed by atoms with E-state index < -0.39 is 6.04 Å². The van der Waals surface area contributed by atoms with Crippen molar-refractivity contribution in [3.63, 3.8) is 0 Å². The van der Waals surface area contributed by atoms with E-state index in [0.29, 0.717) is 28.4 Å². The van der Waals surface area contributed by atoms with Gasteiger partial charge in [0.25, 0.3) is 11.8 Å². The van der Waals surface area contributed by atoms with Crippen LogP contribution in [-0.4, -0.2) is 49.7 Å². The summed E-state index contributed by atoms with van der Waals surface area (Å²) in [6.07, 6.45) is 5.92. The number of H-pyrrole nitrogens is 2. The number of aromatic nitrogens is 4. The molecule has 9 heteroatoms. The van der Waals surface area contributed by atoms with Crippen molar-refractivity contribution in [3.05, 3.63) is 82.2 Å². The number of hydrogen-bond donors (Lipinski definition) is 3. The van der Waals surface area contributed by atoms with Crippen molar-refractivity contribution < 1.29 is 9.59 Å². The molecule has 1 aliphatic heterocycles. The van der Waals surface area contributed by atoms with Gasteiger partial charge in [0.15, 0.2) is 0 Å². The number of aromatic amines is 2. The second-order valence-corrected chi connectivity index (χ2v) is 9.04. The number of amides is 2. The lowest BCUT2D eigenvalue weighted by Crippen LogP contribution is -2.31. The largest absolute Gasteiger partial charge is 0.351 e. The van der Waals surface area contributed by atoms with Gasteiger partial charge in [-0.3, -0.25) is 9.59 Å². The second kappa shape index (κ2) is 9.30. The van der Waals surface area contributed by atoms with Gasteiger partial charge in [-0.25, -0.2) is 9.97 Å². The molecule has 4 aromatic rings. The minimum atomic E-state index is -0.437. The maximum Gasteiger partial charge on any atom is 0.254 e. The molecule has 0 radical (unpaired) electrons. The van der Waals surface area contributed by atoms with E-state index >= 15 is 0 Å². The summed E-state index contributed by atoms with van der Waals surface area (Å²) in [5.41, 5.74) is 4.27. The molecule has 0 spiro atoms. The van der Waals surface area contributed by atoms with E-state index in [0.717, 1.165) is 48.2 Å². The highest BCUT2D eigenvalue weighted by Crippen LogP contribution is 2.23. The summed E-state index contributed by atoms with van der Waals surface area (Å²) >= 11 is 6.11. The maximum absolute atomic E-state index is 13.2. The number of carbonyl (C=O) groups is 2. The molecule has 2 aromatic heterocycles. The highest BCUT2D eigenvalue weighted by atomic mass is 35.5. The molecule has 3 heterocycles. The first-order valence-electron chi connectivity index (χ1n) is 11.3. The van der Waals surface area contributed by atoms with Gasteiger partial charge in [-0.05, 0) is 61.7 Å². The molecule has 1 aliphatic rings. The number of rotatable bonds is 6. The molecule has 1 saturated heterocycles. The lowest BCUT2D eigenvalue weighted by Gasteiger charge is -2.18. The minimum Gasteiger partial charge on any atom is -0.351 e. The summed E-state index contributed by atoms with van der Waals surface area (Å²) in [5, 5.41) is 3.67. The van der Waals surface area contributed by atoms with Crippen LogP contribution in [0.15, 0.2) is 48.9 Å². The summed E-state index contributed by atoms with van der Waals surface area (Å²) in [4.78, 5) is 43.1. The Hall–Kier alpha value is -3.65. The zero-order valence-electron chi connectivity index (χ0n) is 18.8. The van der Waals surface area contributed by atoms with Crippen molar-refractivity contribution in [2.45, 2.75) is 32.2 Å². The van der Waals surface area contributed by atoms with E-state index in [-0.39, 0.29) is 11.8 Å². The predicted octanol–water partition coefficient (Wildman–Crippen LogP) is 4.20. The highest BCUT2D eigenvalue weighted by molar-refractivity contribution is 6.31. The summed E-state index contributed by atoms with van der Waals surface area (Å²) in [6, 6.07) is 10.2. The van der Waals surface area contributed by atoms with Crippen molar-refractivity contribution in [3.8, 4) is 0 Å². The topological polar surface area (TPSA) is 107 Å². The number of aryl methyl sites for hydroxylation is 1. The van der Waals surface area contributed by atoms with E-state index in [1.807, 2.05) is 17.9 Å². The molecule has 1 atom stereocenters. The summed E-state index contributed by atoms with van der Waals surface area (Å²) in [6.45, 7) is 3.44. The van der Waals surface area contributed by atoms with Gasteiger partial charge in [0.05, 0.1) is 29.1 Å². The Bertz CT molecular complexity index is 1340. The van der Waals surface area contributed by atoms with Gasteiger partial charge in [0, 0.05) is 41.9 Å². The van der Waals surface area contributed by atoms with Crippen LogP contribution in [0.4, 0.5) is 0 Å². The number of hydrogen-bond acceptors (Lipinski definition) is 4. The van der Waals surface area contributed by atoms with Gasteiger partial charge < -0.3 is 20.2 Å². The number of fused-ring (bicyclic) bond motifs is 1. The molecular weight excluding hydrogens is 452 g/mol. The van der Waals surface area contributed by atoms with Gasteiger partial charge in [0.1, 0.15) is 5.82 Å². The Morgan fingerprint density at radius 1 is 1.18 bits per heavy atom. The fourth-order valence-corrected chi connectivity index (χ4v) is 4.53. The van der Waals surface area contributed by atoms with E-state index in [4.69, 9.17) is 11.6 Å². The lowest BCUT2D eigenvalue weighted by atomic mass is 10.0. The zero-order valence-corrected chi connectivity index (χ0v) is 19.5. The number of carbonyl (C=O) groups excluding carboxylic acids is 2. The van der Waals surface area contributed by atoms with Gasteiger partial charge in [-0.15, -0.1) is 0 Å². The van der Waals surface area contributed by atoms with Crippen LogP contribution in [-0.2, 0) is 6.42 Å². The van der Waals surface area contributed by atoms with E-state index in [1.165, 1.54) is 0 Å². The normalized spacial score (nSPS) is 14.5. The van der Waals surface area contributed by atoms with Crippen molar-refractivity contribution in [1.82, 2.24) is 30.2 Å². The molecule has 1 fully saturated rings. The van der Waals surface area contributed by atoms with Crippen molar-refractivity contribution in [2.24, 2.45) is 0 Å². The highest BCUT2D eigenvalue weighted by Gasteiger charge is 2.24. The first-order chi connectivity index (χ1) is 16.5. The summed E-state index contributed by atoms with van der Waals surface area (Å²) < 4.78 is 0. The van der Waals surface area contributed by atoms with Gasteiger partial charge >= 0.3 is 0 Å². The van der Waals surface area contributed by atoms with Crippen LogP contribution in [0.1, 0.15) is 56.7 Å². The molecule has 1 unspecified atom stereocenters. The Morgan fingerprint density at radius 2 is 2.00 bits per heavy atom. The van der Waals surface area contributed by atoms with Crippen LogP contribution < -0.4 is 5.32 Å². The number of imidazole rings is 2. The van der Waals surface area contributed by atoms with E-state index in [1.54, 1.807) is 42.9 Å². The van der Waals surface area contributed by atoms with Crippen LogP contribution in [0.3, 0.4) is 0 Å². The van der Waals surface area contributed by atoms with Crippen molar-refractivity contribution in [1.29, 1.82) is 0 Å². The SMILES string of the molecule is Cc1cc(C(=O)NC(Cc2c[nH]cn2)c2nc3cc(Cl)ccc3[nH]2)ccc1C(=O)N1CCCC1. The third-order valence-corrected chi connectivity index (χ3v) is 6.41. The third-order valence-electron chi connectivity index (χ3n) is 6.18. The zero-order chi connectivity index (χ0) is 23.7. The third kappa shape index (κ3) is 4.54. The average Bonchev–Trinajstić information content (AvgIpc) is 3.59. The summed E-state index contributed by atoms with van der Waals surface area (Å²) in [5.74, 6) is 0.396.